The Hall–Kier alpha value is -2.04. The molecule has 0 radical (unpaired) electrons. The van der Waals surface area contributed by atoms with Gasteiger partial charge in [-0.05, 0) is 31.9 Å². The van der Waals surface area contributed by atoms with E-state index in [0.29, 0.717) is 5.56 Å². The lowest BCUT2D eigenvalue weighted by molar-refractivity contribution is -0.143. The van der Waals surface area contributed by atoms with Gasteiger partial charge < -0.3 is 15.5 Å². The summed E-state index contributed by atoms with van der Waals surface area (Å²) in [4.78, 5) is 23.1. The second-order valence-electron chi connectivity index (χ2n) is 4.42. The van der Waals surface area contributed by atoms with E-state index in [-0.39, 0.29) is 17.7 Å². The summed E-state index contributed by atoms with van der Waals surface area (Å²) in [6.45, 7) is 4.77. The van der Waals surface area contributed by atoms with Crippen molar-refractivity contribution in [2.45, 2.75) is 32.7 Å². The minimum Gasteiger partial charge on any atom is -0.507 e. The Labute approximate surface area is 105 Å². The van der Waals surface area contributed by atoms with Gasteiger partial charge in [0.1, 0.15) is 11.3 Å². The van der Waals surface area contributed by atoms with Gasteiger partial charge in [0, 0.05) is 0 Å². The first-order valence-electron chi connectivity index (χ1n) is 5.66. The van der Waals surface area contributed by atoms with Crippen LogP contribution in [0, 0.1) is 6.92 Å². The van der Waals surface area contributed by atoms with Crippen molar-refractivity contribution in [3.63, 3.8) is 0 Å². The van der Waals surface area contributed by atoms with Crippen LogP contribution in [0.4, 0.5) is 0 Å². The van der Waals surface area contributed by atoms with Crippen molar-refractivity contribution >= 4 is 11.9 Å². The van der Waals surface area contributed by atoms with E-state index in [0.717, 1.165) is 0 Å². The predicted octanol–water partition coefficient (Wildman–Crippen LogP) is 1.68. The molecule has 3 N–H and O–H groups in total. The topological polar surface area (TPSA) is 86.6 Å². The lowest BCUT2D eigenvalue weighted by Gasteiger charge is -2.24. The third-order valence-electron chi connectivity index (χ3n) is 3.05. The van der Waals surface area contributed by atoms with Crippen LogP contribution in [-0.4, -0.2) is 27.6 Å². The fraction of sp³-hybridized carbons (Fsp3) is 0.385. The van der Waals surface area contributed by atoms with Crippen LogP contribution in [-0.2, 0) is 4.79 Å². The fourth-order valence-corrected chi connectivity index (χ4v) is 1.45. The van der Waals surface area contributed by atoms with Gasteiger partial charge in [0.15, 0.2) is 0 Å². The first-order valence-corrected chi connectivity index (χ1v) is 5.66. The van der Waals surface area contributed by atoms with Crippen LogP contribution < -0.4 is 5.32 Å². The monoisotopic (exact) mass is 251 g/mol. The van der Waals surface area contributed by atoms with Gasteiger partial charge in [-0.25, -0.2) is 4.79 Å². The minimum absolute atomic E-state index is 0.0796. The molecule has 1 rings (SSSR count). The van der Waals surface area contributed by atoms with Crippen molar-refractivity contribution in [2.75, 3.05) is 0 Å². The Kier molecular flexibility index (Phi) is 3.96. The third kappa shape index (κ3) is 2.61. The summed E-state index contributed by atoms with van der Waals surface area (Å²) in [5.41, 5.74) is -0.695. The summed E-state index contributed by atoms with van der Waals surface area (Å²) in [6.07, 6.45) is 0.251. The third-order valence-corrected chi connectivity index (χ3v) is 3.05. The van der Waals surface area contributed by atoms with Gasteiger partial charge in [-0.1, -0.05) is 19.1 Å². The van der Waals surface area contributed by atoms with E-state index in [2.05, 4.69) is 5.32 Å². The van der Waals surface area contributed by atoms with Crippen molar-refractivity contribution < 1.29 is 19.8 Å². The number of benzene rings is 1. The molecule has 0 aliphatic rings. The van der Waals surface area contributed by atoms with E-state index in [1.54, 1.807) is 26.0 Å². The molecule has 0 heterocycles. The number of phenolic OH excluding ortho intramolecular Hbond substituents is 1. The van der Waals surface area contributed by atoms with E-state index in [4.69, 9.17) is 5.11 Å². The van der Waals surface area contributed by atoms with Crippen molar-refractivity contribution in [2.24, 2.45) is 0 Å². The largest absolute Gasteiger partial charge is 0.507 e. The van der Waals surface area contributed by atoms with Gasteiger partial charge in [0.2, 0.25) is 0 Å². The molecule has 0 aliphatic carbocycles. The highest BCUT2D eigenvalue weighted by Crippen LogP contribution is 2.22. The van der Waals surface area contributed by atoms with E-state index in [9.17, 15) is 14.7 Å². The van der Waals surface area contributed by atoms with Crippen LogP contribution in [0.5, 0.6) is 5.75 Å². The highest BCUT2D eigenvalue weighted by molar-refractivity contribution is 6.00. The fourth-order valence-electron chi connectivity index (χ4n) is 1.45. The Morgan fingerprint density at radius 1 is 1.39 bits per heavy atom. The Bertz CT molecular complexity index is 484. The first kappa shape index (κ1) is 14.0. The van der Waals surface area contributed by atoms with Crippen LogP contribution in [0.1, 0.15) is 36.2 Å². The molecule has 18 heavy (non-hydrogen) atoms. The maximum Gasteiger partial charge on any atom is 0.329 e. The number of aliphatic carboxylic acids is 1. The molecule has 0 aliphatic heterocycles. The Morgan fingerprint density at radius 3 is 2.50 bits per heavy atom. The standard InChI is InChI=1S/C13H17NO4/c1-4-13(3,12(17)18)14-11(16)9-7-5-6-8(2)10(9)15/h5-7,15H,4H2,1-3H3,(H,14,16)(H,17,18). The Balaban J connectivity index is 3.02. The number of carboxylic acids is 1. The second-order valence-corrected chi connectivity index (χ2v) is 4.42. The number of carboxylic acid groups (broad SMARTS) is 1. The van der Waals surface area contributed by atoms with Crippen molar-refractivity contribution in [1.29, 1.82) is 0 Å². The van der Waals surface area contributed by atoms with E-state index < -0.39 is 17.4 Å². The summed E-state index contributed by atoms with van der Waals surface area (Å²) in [6, 6.07) is 4.76. The molecule has 1 aromatic rings. The quantitative estimate of drug-likeness (QED) is 0.760. The van der Waals surface area contributed by atoms with Gasteiger partial charge in [0.05, 0.1) is 5.56 Å². The molecule has 5 heteroatoms. The summed E-state index contributed by atoms with van der Waals surface area (Å²) in [5.74, 6) is -1.83. The van der Waals surface area contributed by atoms with Crippen molar-refractivity contribution in [3.8, 4) is 5.75 Å². The lowest BCUT2D eigenvalue weighted by atomic mass is 9.98. The van der Waals surface area contributed by atoms with Crippen molar-refractivity contribution in [1.82, 2.24) is 5.32 Å². The molecule has 0 aromatic heterocycles. The first-order chi connectivity index (χ1) is 8.31. The summed E-state index contributed by atoms with van der Waals surface area (Å²) >= 11 is 0. The molecule has 1 atom stereocenters. The molecule has 0 fully saturated rings. The number of aryl methyl sites for hydroxylation is 1. The second kappa shape index (κ2) is 5.08. The van der Waals surface area contributed by atoms with Crippen LogP contribution in [0.15, 0.2) is 18.2 Å². The molecular formula is C13H17NO4. The summed E-state index contributed by atoms with van der Waals surface area (Å²) in [7, 11) is 0. The molecule has 0 bridgehead atoms. The molecule has 0 spiro atoms. The number of hydrogen-bond donors (Lipinski definition) is 3. The smallest absolute Gasteiger partial charge is 0.329 e. The van der Waals surface area contributed by atoms with Crippen LogP contribution in [0.25, 0.3) is 0 Å². The molecule has 1 amide bonds. The number of rotatable bonds is 4. The van der Waals surface area contributed by atoms with Gasteiger partial charge in [-0.15, -0.1) is 0 Å². The van der Waals surface area contributed by atoms with Gasteiger partial charge >= 0.3 is 5.97 Å². The van der Waals surface area contributed by atoms with E-state index in [1.165, 1.54) is 13.0 Å². The highest BCUT2D eigenvalue weighted by atomic mass is 16.4. The van der Waals surface area contributed by atoms with Crippen LogP contribution in [0.2, 0.25) is 0 Å². The van der Waals surface area contributed by atoms with E-state index >= 15 is 0 Å². The number of para-hydroxylation sites is 1. The zero-order valence-corrected chi connectivity index (χ0v) is 10.7. The zero-order valence-electron chi connectivity index (χ0n) is 10.7. The number of aromatic hydroxyl groups is 1. The minimum atomic E-state index is -1.34. The number of carbonyl (C=O) groups is 2. The number of amides is 1. The maximum absolute atomic E-state index is 12.0. The molecular weight excluding hydrogens is 234 g/mol. The molecule has 0 saturated heterocycles. The number of carbonyl (C=O) groups excluding carboxylic acids is 1. The Morgan fingerprint density at radius 2 is 2.00 bits per heavy atom. The zero-order chi connectivity index (χ0) is 13.9. The van der Waals surface area contributed by atoms with E-state index in [1.807, 2.05) is 0 Å². The average molecular weight is 251 g/mol. The molecule has 5 nitrogen and oxygen atoms in total. The molecule has 98 valence electrons. The lowest BCUT2D eigenvalue weighted by Crippen LogP contribution is -2.51. The summed E-state index contributed by atoms with van der Waals surface area (Å²) in [5, 5.41) is 21.3. The number of nitrogens with one attached hydrogen (secondary N) is 1. The SMILES string of the molecule is CCC(C)(NC(=O)c1cccc(C)c1O)C(=O)O. The van der Waals surface area contributed by atoms with Gasteiger partial charge in [0.25, 0.3) is 5.91 Å². The average Bonchev–Trinajstić information content (AvgIpc) is 2.32. The summed E-state index contributed by atoms with van der Waals surface area (Å²) < 4.78 is 0. The normalized spacial score (nSPS) is 13.7. The molecule has 0 saturated carbocycles. The number of hydrogen-bond acceptors (Lipinski definition) is 3. The predicted molar refractivity (Wildman–Crippen MR) is 66.6 cm³/mol. The van der Waals surface area contributed by atoms with Gasteiger partial charge in [-0.3, -0.25) is 4.79 Å². The molecule has 1 unspecified atom stereocenters. The van der Waals surface area contributed by atoms with Crippen molar-refractivity contribution in [3.05, 3.63) is 29.3 Å². The highest BCUT2D eigenvalue weighted by Gasteiger charge is 2.33. The number of phenols is 1. The molecule has 1 aromatic carbocycles. The van der Waals surface area contributed by atoms with Crippen LogP contribution in [0.3, 0.4) is 0 Å². The maximum atomic E-state index is 12.0. The van der Waals surface area contributed by atoms with Gasteiger partial charge in [-0.2, -0.15) is 0 Å². The van der Waals surface area contributed by atoms with Crippen LogP contribution >= 0.6 is 0 Å².